The summed E-state index contributed by atoms with van der Waals surface area (Å²) < 4.78 is 0. The summed E-state index contributed by atoms with van der Waals surface area (Å²) in [5, 5.41) is 9.73. The summed E-state index contributed by atoms with van der Waals surface area (Å²) in [6.07, 6.45) is 2.34. The molecule has 13 heavy (non-hydrogen) atoms. The molecule has 0 atom stereocenters. The fraction of sp³-hybridized carbons (Fsp3) is 0.818. The van der Waals surface area contributed by atoms with Gasteiger partial charge in [0.05, 0.1) is 0 Å². The van der Waals surface area contributed by atoms with Crippen LogP contribution in [0.1, 0.15) is 40.5 Å². The molecule has 0 aliphatic carbocycles. The molecule has 0 aromatic rings. The van der Waals surface area contributed by atoms with Gasteiger partial charge in [0.1, 0.15) is 0 Å². The molecule has 1 fully saturated rings. The second kappa shape index (κ2) is 3.60. The van der Waals surface area contributed by atoms with Crippen molar-refractivity contribution in [1.29, 1.82) is 0 Å². The Labute approximate surface area is 81.2 Å². The molecule has 1 saturated heterocycles. The van der Waals surface area contributed by atoms with Gasteiger partial charge in [0, 0.05) is 13.1 Å². The van der Waals surface area contributed by atoms with Crippen LogP contribution < -0.4 is 0 Å². The molecular formula is C11H21NO. The van der Waals surface area contributed by atoms with Crippen LogP contribution in [0.15, 0.2) is 11.5 Å². The first-order chi connectivity index (χ1) is 5.92. The van der Waals surface area contributed by atoms with Gasteiger partial charge >= 0.3 is 0 Å². The van der Waals surface area contributed by atoms with Crippen molar-refractivity contribution in [3.05, 3.63) is 11.5 Å². The zero-order valence-electron chi connectivity index (χ0n) is 9.22. The normalized spacial score (nSPS) is 21.4. The van der Waals surface area contributed by atoms with Crippen LogP contribution in [-0.4, -0.2) is 23.1 Å². The van der Waals surface area contributed by atoms with Gasteiger partial charge in [-0.15, -0.1) is 0 Å². The van der Waals surface area contributed by atoms with Gasteiger partial charge in [0.25, 0.3) is 0 Å². The molecule has 0 aromatic carbocycles. The molecule has 0 amide bonds. The topological polar surface area (TPSA) is 23.5 Å². The lowest BCUT2D eigenvalue weighted by Gasteiger charge is -2.37. The van der Waals surface area contributed by atoms with Gasteiger partial charge in [0.15, 0.2) is 5.88 Å². The van der Waals surface area contributed by atoms with E-state index in [0.717, 1.165) is 18.7 Å². The standard InChI is InChI=1S/C11H21NO/c1-9(2)10(13)12-7-5-11(3,4)6-8-12/h13H,5-8H2,1-4H3. The average Bonchev–Trinajstić information content (AvgIpc) is 2.03. The first-order valence-electron chi connectivity index (χ1n) is 5.04. The number of hydrogen-bond acceptors (Lipinski definition) is 2. The van der Waals surface area contributed by atoms with Crippen LogP contribution in [0.3, 0.4) is 0 Å². The number of piperidine rings is 1. The lowest BCUT2D eigenvalue weighted by atomic mass is 9.83. The van der Waals surface area contributed by atoms with Crippen LogP contribution in [0.25, 0.3) is 0 Å². The molecule has 2 heteroatoms. The van der Waals surface area contributed by atoms with E-state index in [1.165, 1.54) is 12.8 Å². The maximum atomic E-state index is 9.73. The molecule has 1 aliphatic rings. The highest BCUT2D eigenvalue weighted by molar-refractivity contribution is 5.01. The molecular weight excluding hydrogens is 162 g/mol. The first kappa shape index (κ1) is 10.4. The van der Waals surface area contributed by atoms with Gasteiger partial charge in [-0.3, -0.25) is 0 Å². The van der Waals surface area contributed by atoms with Crippen molar-refractivity contribution in [1.82, 2.24) is 4.90 Å². The Kier molecular flexibility index (Phi) is 2.89. The monoisotopic (exact) mass is 183 g/mol. The fourth-order valence-corrected chi connectivity index (χ4v) is 1.64. The van der Waals surface area contributed by atoms with Crippen molar-refractivity contribution in [2.24, 2.45) is 5.41 Å². The minimum Gasteiger partial charge on any atom is -0.495 e. The molecule has 76 valence electrons. The Morgan fingerprint density at radius 3 is 2.00 bits per heavy atom. The summed E-state index contributed by atoms with van der Waals surface area (Å²) in [5.74, 6) is 0.482. The summed E-state index contributed by atoms with van der Waals surface area (Å²) in [4.78, 5) is 2.08. The van der Waals surface area contributed by atoms with Gasteiger partial charge in [-0.1, -0.05) is 13.8 Å². The minimum absolute atomic E-state index is 0.457. The largest absolute Gasteiger partial charge is 0.495 e. The summed E-state index contributed by atoms with van der Waals surface area (Å²) in [6, 6.07) is 0. The molecule has 0 bridgehead atoms. The Morgan fingerprint density at radius 2 is 1.62 bits per heavy atom. The SMILES string of the molecule is CC(C)=C(O)N1CCC(C)(C)CC1. The smallest absolute Gasteiger partial charge is 0.185 e. The van der Waals surface area contributed by atoms with Crippen molar-refractivity contribution in [3.63, 3.8) is 0 Å². The number of hydrogen-bond donors (Lipinski definition) is 1. The van der Waals surface area contributed by atoms with Crippen LogP contribution in [0.4, 0.5) is 0 Å². The van der Waals surface area contributed by atoms with Gasteiger partial charge in [0.2, 0.25) is 0 Å². The summed E-state index contributed by atoms with van der Waals surface area (Å²) in [7, 11) is 0. The second-order valence-electron chi connectivity index (χ2n) is 4.97. The third-order valence-electron chi connectivity index (χ3n) is 2.86. The van der Waals surface area contributed by atoms with Crippen LogP contribution in [-0.2, 0) is 0 Å². The number of nitrogens with zero attached hydrogens (tertiary/aromatic N) is 1. The van der Waals surface area contributed by atoms with Crippen LogP contribution in [0.2, 0.25) is 0 Å². The van der Waals surface area contributed by atoms with E-state index < -0.39 is 0 Å². The van der Waals surface area contributed by atoms with Gasteiger partial charge in [-0.05, 0) is 37.7 Å². The van der Waals surface area contributed by atoms with E-state index in [0.29, 0.717) is 11.3 Å². The highest BCUT2D eigenvalue weighted by Gasteiger charge is 2.26. The Balaban J connectivity index is 2.56. The lowest BCUT2D eigenvalue weighted by Crippen LogP contribution is -2.37. The molecule has 0 aromatic heterocycles. The Bertz CT molecular complexity index is 204. The van der Waals surface area contributed by atoms with Crippen molar-refractivity contribution in [2.45, 2.75) is 40.5 Å². The van der Waals surface area contributed by atoms with Crippen LogP contribution in [0, 0.1) is 5.41 Å². The number of allylic oxidation sites excluding steroid dienone is 1. The van der Waals surface area contributed by atoms with Crippen molar-refractivity contribution in [2.75, 3.05) is 13.1 Å². The first-order valence-corrected chi connectivity index (χ1v) is 5.04. The molecule has 0 radical (unpaired) electrons. The number of rotatable bonds is 1. The molecule has 1 N–H and O–H groups in total. The Hall–Kier alpha value is -0.660. The third-order valence-corrected chi connectivity index (χ3v) is 2.86. The molecule has 1 heterocycles. The Morgan fingerprint density at radius 1 is 1.15 bits per heavy atom. The van der Waals surface area contributed by atoms with Gasteiger partial charge in [-0.25, -0.2) is 0 Å². The van der Waals surface area contributed by atoms with E-state index in [2.05, 4.69) is 18.7 Å². The van der Waals surface area contributed by atoms with Crippen molar-refractivity contribution in [3.8, 4) is 0 Å². The zero-order chi connectivity index (χ0) is 10.1. The molecule has 0 saturated carbocycles. The van der Waals surface area contributed by atoms with E-state index in [-0.39, 0.29) is 0 Å². The fourth-order valence-electron chi connectivity index (χ4n) is 1.64. The summed E-state index contributed by atoms with van der Waals surface area (Å²) in [6.45, 7) is 10.5. The number of aliphatic hydroxyl groups excluding tert-OH is 1. The van der Waals surface area contributed by atoms with E-state index in [9.17, 15) is 5.11 Å². The highest BCUT2D eigenvalue weighted by Crippen LogP contribution is 2.31. The second-order valence-corrected chi connectivity index (χ2v) is 4.97. The quantitative estimate of drug-likeness (QED) is 0.632. The molecule has 1 rings (SSSR count). The summed E-state index contributed by atoms with van der Waals surface area (Å²) >= 11 is 0. The number of likely N-dealkylation sites (tertiary alicyclic amines) is 1. The van der Waals surface area contributed by atoms with Crippen molar-refractivity contribution >= 4 is 0 Å². The zero-order valence-corrected chi connectivity index (χ0v) is 9.22. The average molecular weight is 183 g/mol. The van der Waals surface area contributed by atoms with Crippen LogP contribution in [0.5, 0.6) is 0 Å². The van der Waals surface area contributed by atoms with Crippen molar-refractivity contribution < 1.29 is 5.11 Å². The maximum Gasteiger partial charge on any atom is 0.185 e. The van der Waals surface area contributed by atoms with Gasteiger partial charge in [-0.2, -0.15) is 0 Å². The predicted octanol–water partition coefficient (Wildman–Crippen LogP) is 2.92. The van der Waals surface area contributed by atoms with E-state index in [1.807, 2.05) is 13.8 Å². The van der Waals surface area contributed by atoms with E-state index >= 15 is 0 Å². The van der Waals surface area contributed by atoms with Crippen LogP contribution >= 0.6 is 0 Å². The molecule has 1 aliphatic heterocycles. The molecule has 2 nitrogen and oxygen atoms in total. The van der Waals surface area contributed by atoms with Gasteiger partial charge < -0.3 is 10.0 Å². The molecule has 0 unspecified atom stereocenters. The molecule has 0 spiro atoms. The number of aliphatic hydroxyl groups is 1. The highest BCUT2D eigenvalue weighted by atomic mass is 16.3. The predicted molar refractivity (Wildman–Crippen MR) is 55.6 cm³/mol. The van der Waals surface area contributed by atoms with E-state index in [1.54, 1.807) is 0 Å². The minimum atomic E-state index is 0.457. The lowest BCUT2D eigenvalue weighted by molar-refractivity contribution is 0.109. The van der Waals surface area contributed by atoms with E-state index in [4.69, 9.17) is 0 Å². The maximum absolute atomic E-state index is 9.73. The summed E-state index contributed by atoms with van der Waals surface area (Å²) in [5.41, 5.74) is 1.47. The third kappa shape index (κ3) is 2.64.